The van der Waals surface area contributed by atoms with Crippen LogP contribution in [0.15, 0.2) is 33.6 Å². The van der Waals surface area contributed by atoms with E-state index in [2.05, 4.69) is 15.9 Å². The van der Waals surface area contributed by atoms with Crippen molar-refractivity contribution < 1.29 is 17.9 Å². The largest absolute Gasteiger partial charge is 0.368 e. The molecule has 0 saturated carbocycles. The SMILES string of the molecule is O=C([C@H]1CCCO1)N1CCN(S(=O)(=O)c2cccc(Br)c2)CC1. The van der Waals surface area contributed by atoms with Crippen LogP contribution in [-0.2, 0) is 19.6 Å². The van der Waals surface area contributed by atoms with Gasteiger partial charge >= 0.3 is 0 Å². The van der Waals surface area contributed by atoms with Gasteiger partial charge in [0.2, 0.25) is 10.0 Å². The fourth-order valence-electron chi connectivity index (χ4n) is 2.90. The Morgan fingerprint density at radius 1 is 1.22 bits per heavy atom. The molecule has 0 spiro atoms. The highest BCUT2D eigenvalue weighted by atomic mass is 79.9. The van der Waals surface area contributed by atoms with E-state index in [1.807, 2.05) is 0 Å². The highest BCUT2D eigenvalue weighted by Gasteiger charge is 2.33. The van der Waals surface area contributed by atoms with Crippen LogP contribution in [0.25, 0.3) is 0 Å². The zero-order valence-electron chi connectivity index (χ0n) is 12.7. The molecule has 2 fully saturated rings. The number of carbonyl (C=O) groups is 1. The molecule has 2 saturated heterocycles. The normalized spacial score (nSPS) is 23.2. The van der Waals surface area contributed by atoms with Crippen molar-refractivity contribution in [2.24, 2.45) is 0 Å². The Kier molecular flexibility index (Phi) is 5.05. The molecule has 6 nitrogen and oxygen atoms in total. The second-order valence-electron chi connectivity index (χ2n) is 5.69. The van der Waals surface area contributed by atoms with Crippen LogP contribution in [0.4, 0.5) is 0 Å². The maximum Gasteiger partial charge on any atom is 0.251 e. The average Bonchev–Trinajstić information content (AvgIpc) is 3.09. The van der Waals surface area contributed by atoms with Crippen LogP contribution in [0.1, 0.15) is 12.8 Å². The first-order chi connectivity index (χ1) is 11.0. The highest BCUT2D eigenvalue weighted by molar-refractivity contribution is 9.10. The first-order valence-electron chi connectivity index (χ1n) is 7.64. The Hall–Kier alpha value is -0.960. The standard InChI is InChI=1S/C15H19BrN2O4S/c16-12-3-1-4-13(11-12)23(20,21)18-8-6-17(7-9-18)15(19)14-5-2-10-22-14/h1,3-4,11,14H,2,5-10H2/t14-/m1/s1. The van der Waals surface area contributed by atoms with Crippen molar-refractivity contribution in [3.8, 4) is 0 Å². The summed E-state index contributed by atoms with van der Waals surface area (Å²) >= 11 is 3.30. The number of hydrogen-bond donors (Lipinski definition) is 0. The van der Waals surface area contributed by atoms with Crippen LogP contribution in [0, 0.1) is 0 Å². The predicted octanol–water partition coefficient (Wildman–Crippen LogP) is 1.46. The molecule has 0 unspecified atom stereocenters. The summed E-state index contributed by atoms with van der Waals surface area (Å²) in [4.78, 5) is 14.3. The van der Waals surface area contributed by atoms with Gasteiger partial charge in [0.25, 0.3) is 5.91 Å². The maximum atomic E-state index is 12.6. The number of carbonyl (C=O) groups excluding carboxylic acids is 1. The van der Waals surface area contributed by atoms with Gasteiger partial charge in [0.05, 0.1) is 4.90 Å². The Bertz CT molecular complexity index is 680. The molecule has 1 atom stereocenters. The van der Waals surface area contributed by atoms with Gasteiger partial charge in [-0.05, 0) is 31.0 Å². The van der Waals surface area contributed by atoms with E-state index in [9.17, 15) is 13.2 Å². The fraction of sp³-hybridized carbons (Fsp3) is 0.533. The third-order valence-corrected chi connectivity index (χ3v) is 6.58. The van der Waals surface area contributed by atoms with E-state index in [4.69, 9.17) is 4.74 Å². The van der Waals surface area contributed by atoms with Crippen LogP contribution in [0.3, 0.4) is 0 Å². The van der Waals surface area contributed by atoms with Gasteiger partial charge < -0.3 is 9.64 Å². The van der Waals surface area contributed by atoms with Crippen molar-refractivity contribution in [1.82, 2.24) is 9.21 Å². The van der Waals surface area contributed by atoms with Crippen molar-refractivity contribution in [1.29, 1.82) is 0 Å². The minimum Gasteiger partial charge on any atom is -0.368 e. The van der Waals surface area contributed by atoms with Crippen LogP contribution in [0.5, 0.6) is 0 Å². The molecule has 8 heteroatoms. The number of benzene rings is 1. The Morgan fingerprint density at radius 2 is 1.96 bits per heavy atom. The molecule has 1 amide bonds. The van der Waals surface area contributed by atoms with E-state index in [1.165, 1.54) is 4.31 Å². The molecule has 0 radical (unpaired) electrons. The van der Waals surface area contributed by atoms with Crippen molar-refractivity contribution in [2.45, 2.75) is 23.8 Å². The number of amides is 1. The molecular formula is C15H19BrN2O4S. The zero-order valence-corrected chi connectivity index (χ0v) is 15.1. The Morgan fingerprint density at radius 3 is 2.57 bits per heavy atom. The lowest BCUT2D eigenvalue weighted by Gasteiger charge is -2.35. The van der Waals surface area contributed by atoms with Crippen LogP contribution < -0.4 is 0 Å². The highest BCUT2D eigenvalue weighted by Crippen LogP contribution is 2.22. The van der Waals surface area contributed by atoms with Gasteiger partial charge in [-0.15, -0.1) is 0 Å². The summed E-state index contributed by atoms with van der Waals surface area (Å²) in [7, 11) is -3.52. The number of piperazine rings is 1. The van der Waals surface area contributed by atoms with Gasteiger partial charge in [0.1, 0.15) is 6.10 Å². The molecule has 2 aliphatic rings. The third kappa shape index (κ3) is 3.60. The quantitative estimate of drug-likeness (QED) is 0.767. The lowest BCUT2D eigenvalue weighted by atomic mass is 10.2. The number of rotatable bonds is 3. The predicted molar refractivity (Wildman–Crippen MR) is 88.5 cm³/mol. The molecule has 2 heterocycles. The van der Waals surface area contributed by atoms with Crippen molar-refractivity contribution >= 4 is 31.9 Å². The van der Waals surface area contributed by atoms with Gasteiger partial charge in [0, 0.05) is 37.3 Å². The molecule has 0 aromatic heterocycles. The molecule has 23 heavy (non-hydrogen) atoms. The van der Waals surface area contributed by atoms with E-state index in [0.717, 1.165) is 17.3 Å². The molecule has 1 aromatic carbocycles. The third-order valence-electron chi connectivity index (χ3n) is 4.19. The van der Waals surface area contributed by atoms with Crippen molar-refractivity contribution in [2.75, 3.05) is 32.8 Å². The summed E-state index contributed by atoms with van der Waals surface area (Å²) in [5, 5.41) is 0. The topological polar surface area (TPSA) is 66.9 Å². The van der Waals surface area contributed by atoms with E-state index < -0.39 is 10.0 Å². The average molecular weight is 403 g/mol. The van der Waals surface area contributed by atoms with E-state index in [1.54, 1.807) is 29.2 Å². The molecule has 0 aliphatic carbocycles. The summed E-state index contributed by atoms with van der Waals surface area (Å²) in [5.41, 5.74) is 0. The molecule has 2 aliphatic heterocycles. The first kappa shape index (κ1) is 16.9. The summed E-state index contributed by atoms with van der Waals surface area (Å²) in [5.74, 6) is -0.0120. The second kappa shape index (κ2) is 6.88. The van der Waals surface area contributed by atoms with Gasteiger partial charge in [-0.25, -0.2) is 8.42 Å². The minimum absolute atomic E-state index is 0.0120. The van der Waals surface area contributed by atoms with Crippen molar-refractivity contribution in [3.05, 3.63) is 28.7 Å². The lowest BCUT2D eigenvalue weighted by molar-refractivity contribution is -0.142. The molecule has 0 N–H and O–H groups in total. The van der Waals surface area contributed by atoms with Gasteiger partial charge in [-0.3, -0.25) is 4.79 Å². The fourth-order valence-corrected chi connectivity index (χ4v) is 4.92. The smallest absolute Gasteiger partial charge is 0.251 e. The molecule has 126 valence electrons. The minimum atomic E-state index is -3.52. The number of ether oxygens (including phenoxy) is 1. The van der Waals surface area contributed by atoms with E-state index in [0.29, 0.717) is 32.8 Å². The van der Waals surface area contributed by atoms with Crippen LogP contribution in [-0.4, -0.2) is 62.4 Å². The number of nitrogens with zero attached hydrogens (tertiary/aromatic N) is 2. The van der Waals surface area contributed by atoms with Crippen LogP contribution in [0.2, 0.25) is 0 Å². The summed E-state index contributed by atoms with van der Waals surface area (Å²) in [6.45, 7) is 2.08. The van der Waals surface area contributed by atoms with E-state index >= 15 is 0 Å². The number of hydrogen-bond acceptors (Lipinski definition) is 4. The number of sulfonamides is 1. The molecule has 3 rings (SSSR count). The van der Waals surface area contributed by atoms with Crippen LogP contribution >= 0.6 is 15.9 Å². The monoisotopic (exact) mass is 402 g/mol. The Labute approximate surface area is 144 Å². The second-order valence-corrected chi connectivity index (χ2v) is 8.54. The molecule has 0 bridgehead atoms. The summed E-state index contributed by atoms with van der Waals surface area (Å²) in [6.07, 6.45) is 1.33. The first-order valence-corrected chi connectivity index (χ1v) is 9.88. The number of halogens is 1. The summed E-state index contributed by atoms with van der Waals surface area (Å²) < 4.78 is 32.9. The summed E-state index contributed by atoms with van der Waals surface area (Å²) in [6, 6.07) is 6.68. The van der Waals surface area contributed by atoms with Gasteiger partial charge in [-0.2, -0.15) is 4.31 Å². The maximum absolute atomic E-state index is 12.6. The molecule has 1 aromatic rings. The van der Waals surface area contributed by atoms with E-state index in [-0.39, 0.29) is 16.9 Å². The van der Waals surface area contributed by atoms with Gasteiger partial charge in [-0.1, -0.05) is 22.0 Å². The zero-order chi connectivity index (χ0) is 16.4. The van der Waals surface area contributed by atoms with Crippen molar-refractivity contribution in [3.63, 3.8) is 0 Å². The van der Waals surface area contributed by atoms with Gasteiger partial charge in [0.15, 0.2) is 0 Å². The Balaban J connectivity index is 1.65. The molecular weight excluding hydrogens is 384 g/mol. The lowest BCUT2D eigenvalue weighted by Crippen LogP contribution is -2.52.